The van der Waals surface area contributed by atoms with Gasteiger partial charge in [-0.3, -0.25) is 0 Å². The summed E-state index contributed by atoms with van der Waals surface area (Å²) in [5.74, 6) is -0.914. The molecule has 0 saturated heterocycles. The third-order valence-corrected chi connectivity index (χ3v) is 3.20. The maximum absolute atomic E-state index is 13.2. The van der Waals surface area contributed by atoms with Crippen LogP contribution in [0.3, 0.4) is 0 Å². The maximum atomic E-state index is 13.2. The van der Waals surface area contributed by atoms with E-state index in [-0.39, 0.29) is 5.92 Å². The van der Waals surface area contributed by atoms with Gasteiger partial charge in [-0.25, -0.2) is 4.39 Å². The molecule has 4 heteroatoms. The molecule has 1 aromatic carbocycles. The van der Waals surface area contributed by atoms with Crippen LogP contribution in [0.1, 0.15) is 45.3 Å². The number of aromatic hydroxyl groups is 1. The number of hydrogen-bond acceptors (Lipinski definition) is 3. The highest BCUT2D eigenvalue weighted by atomic mass is 19.1. The molecule has 0 aliphatic heterocycles. The van der Waals surface area contributed by atoms with E-state index in [1.807, 2.05) is 13.8 Å². The predicted molar refractivity (Wildman–Crippen MR) is 80.4 cm³/mol. The van der Waals surface area contributed by atoms with Crippen LogP contribution in [-0.2, 0) is 0 Å². The fraction of sp³-hybridized carbons (Fsp3) is 0.471. The van der Waals surface area contributed by atoms with Gasteiger partial charge in [0.15, 0.2) is 11.6 Å². The molecule has 116 valence electrons. The first kappa shape index (κ1) is 17.4. The van der Waals surface area contributed by atoms with Crippen molar-refractivity contribution in [3.63, 3.8) is 0 Å². The number of rotatable bonds is 6. The third-order valence-electron chi connectivity index (χ3n) is 3.20. The Morgan fingerprint density at radius 3 is 2.48 bits per heavy atom. The van der Waals surface area contributed by atoms with Gasteiger partial charge >= 0.3 is 0 Å². The maximum Gasteiger partial charge on any atom is 0.165 e. The van der Waals surface area contributed by atoms with Gasteiger partial charge in [0.1, 0.15) is 0 Å². The summed E-state index contributed by atoms with van der Waals surface area (Å²) in [6, 6.07) is 3.83. The number of halogens is 1. The van der Waals surface area contributed by atoms with E-state index < -0.39 is 23.8 Å². The summed E-state index contributed by atoms with van der Waals surface area (Å²) < 4.78 is 13.2. The van der Waals surface area contributed by atoms with Crippen molar-refractivity contribution in [2.75, 3.05) is 0 Å². The Morgan fingerprint density at radius 1 is 1.29 bits per heavy atom. The summed E-state index contributed by atoms with van der Waals surface area (Å²) >= 11 is 0. The topological polar surface area (TPSA) is 60.7 Å². The number of benzene rings is 1. The van der Waals surface area contributed by atoms with Crippen LogP contribution in [0.5, 0.6) is 5.75 Å². The van der Waals surface area contributed by atoms with E-state index in [0.717, 1.165) is 11.6 Å². The van der Waals surface area contributed by atoms with Crippen LogP contribution in [0.15, 0.2) is 35.6 Å². The highest BCUT2D eigenvalue weighted by molar-refractivity contribution is 5.29. The SMILES string of the molecule is CC(C)C(=C=CC[C@@H](O)c1ccc(O)c(F)c1)C[C@H](C)O. The quantitative estimate of drug-likeness (QED) is 0.704. The summed E-state index contributed by atoms with van der Waals surface area (Å²) in [4.78, 5) is 0. The van der Waals surface area contributed by atoms with E-state index in [0.29, 0.717) is 18.4 Å². The molecule has 21 heavy (non-hydrogen) atoms. The second-order valence-corrected chi connectivity index (χ2v) is 5.54. The van der Waals surface area contributed by atoms with Crippen LogP contribution >= 0.6 is 0 Å². The molecule has 1 rings (SSSR count). The molecule has 0 saturated carbocycles. The van der Waals surface area contributed by atoms with Crippen molar-refractivity contribution in [3.8, 4) is 5.75 Å². The molecule has 3 nitrogen and oxygen atoms in total. The van der Waals surface area contributed by atoms with E-state index in [4.69, 9.17) is 5.11 Å². The smallest absolute Gasteiger partial charge is 0.165 e. The van der Waals surface area contributed by atoms with Gasteiger partial charge < -0.3 is 15.3 Å². The minimum atomic E-state index is -0.854. The van der Waals surface area contributed by atoms with Crippen molar-refractivity contribution in [3.05, 3.63) is 47.0 Å². The number of phenolic OH excluding ortho intramolecular Hbond substituents is 1. The minimum Gasteiger partial charge on any atom is -0.505 e. The highest BCUT2D eigenvalue weighted by Gasteiger charge is 2.09. The Morgan fingerprint density at radius 2 is 1.95 bits per heavy atom. The fourth-order valence-corrected chi connectivity index (χ4v) is 1.95. The first-order valence-corrected chi connectivity index (χ1v) is 7.09. The average molecular weight is 294 g/mol. The lowest BCUT2D eigenvalue weighted by Crippen LogP contribution is -2.04. The molecule has 0 heterocycles. The molecule has 0 unspecified atom stereocenters. The van der Waals surface area contributed by atoms with Crippen molar-refractivity contribution in [2.24, 2.45) is 5.92 Å². The lowest BCUT2D eigenvalue weighted by molar-refractivity contribution is 0.181. The molecule has 0 bridgehead atoms. The van der Waals surface area contributed by atoms with Crippen LogP contribution in [0, 0.1) is 11.7 Å². The zero-order valence-electron chi connectivity index (χ0n) is 12.7. The molecular weight excluding hydrogens is 271 g/mol. The average Bonchev–Trinajstić information content (AvgIpc) is 2.40. The van der Waals surface area contributed by atoms with Crippen molar-refractivity contribution in [1.82, 2.24) is 0 Å². The molecule has 0 aliphatic rings. The Bertz CT molecular complexity index is 529. The summed E-state index contributed by atoms with van der Waals surface area (Å²) in [5, 5.41) is 28.5. The second-order valence-electron chi connectivity index (χ2n) is 5.54. The van der Waals surface area contributed by atoms with Crippen molar-refractivity contribution in [2.45, 2.75) is 45.8 Å². The fourth-order valence-electron chi connectivity index (χ4n) is 1.95. The summed E-state index contributed by atoms with van der Waals surface area (Å²) in [6.07, 6.45) is 1.25. The summed E-state index contributed by atoms with van der Waals surface area (Å²) in [7, 11) is 0. The molecule has 2 atom stereocenters. The zero-order chi connectivity index (χ0) is 16.0. The van der Waals surface area contributed by atoms with Crippen LogP contribution in [-0.4, -0.2) is 21.4 Å². The second kappa shape index (κ2) is 7.99. The minimum absolute atomic E-state index is 0.263. The molecule has 0 aromatic heterocycles. The normalized spacial score (nSPS) is 13.7. The standard InChI is InChI=1S/C17H23FO3/c1-11(2)13(9-12(3)19)5-4-6-16(20)14-7-8-17(21)15(18)10-14/h4,7-8,10-12,16,19-21H,6,9H2,1-3H3/t5?,12-,16+/m0/s1. The third kappa shape index (κ3) is 5.72. The number of phenols is 1. The molecule has 0 aliphatic carbocycles. The van der Waals surface area contributed by atoms with Crippen molar-refractivity contribution in [1.29, 1.82) is 0 Å². The molecule has 3 N–H and O–H groups in total. The molecule has 0 amide bonds. The largest absolute Gasteiger partial charge is 0.505 e. The first-order chi connectivity index (χ1) is 9.81. The van der Waals surface area contributed by atoms with E-state index in [2.05, 4.69) is 5.73 Å². The van der Waals surface area contributed by atoms with Gasteiger partial charge in [0.25, 0.3) is 0 Å². The van der Waals surface area contributed by atoms with E-state index in [9.17, 15) is 14.6 Å². The van der Waals surface area contributed by atoms with Crippen molar-refractivity contribution >= 4 is 0 Å². The summed E-state index contributed by atoms with van der Waals surface area (Å²) in [6.45, 7) is 5.76. The number of hydrogen-bond donors (Lipinski definition) is 3. The van der Waals surface area contributed by atoms with Gasteiger partial charge in [-0.1, -0.05) is 19.9 Å². The summed E-state index contributed by atoms with van der Waals surface area (Å²) in [5.41, 5.74) is 4.49. The van der Waals surface area contributed by atoms with Crippen LogP contribution in [0.2, 0.25) is 0 Å². The Labute approximate surface area is 125 Å². The van der Waals surface area contributed by atoms with Gasteiger partial charge in [-0.15, -0.1) is 5.73 Å². The molecule has 0 spiro atoms. The molecule has 1 aromatic rings. The van der Waals surface area contributed by atoms with E-state index in [1.165, 1.54) is 12.1 Å². The molecular formula is C17H23FO3. The van der Waals surface area contributed by atoms with E-state index in [1.54, 1.807) is 13.0 Å². The number of aliphatic hydroxyl groups is 2. The van der Waals surface area contributed by atoms with Gasteiger partial charge in [-0.2, -0.15) is 0 Å². The first-order valence-electron chi connectivity index (χ1n) is 7.09. The molecule has 0 radical (unpaired) electrons. The lowest BCUT2D eigenvalue weighted by atomic mass is 9.98. The highest BCUT2D eigenvalue weighted by Crippen LogP contribution is 2.23. The zero-order valence-corrected chi connectivity index (χ0v) is 12.7. The van der Waals surface area contributed by atoms with Crippen LogP contribution in [0.25, 0.3) is 0 Å². The Kier molecular flexibility index (Phi) is 6.63. The van der Waals surface area contributed by atoms with Crippen molar-refractivity contribution < 1.29 is 19.7 Å². The van der Waals surface area contributed by atoms with Gasteiger partial charge in [0.05, 0.1) is 12.2 Å². The monoisotopic (exact) mass is 294 g/mol. The van der Waals surface area contributed by atoms with Crippen LogP contribution in [0.4, 0.5) is 4.39 Å². The Hall–Kier alpha value is -1.61. The van der Waals surface area contributed by atoms with Gasteiger partial charge in [0.2, 0.25) is 0 Å². The molecule has 0 fully saturated rings. The van der Waals surface area contributed by atoms with Gasteiger partial charge in [-0.05, 0) is 42.2 Å². The predicted octanol–water partition coefficient (Wildman–Crippen LogP) is 3.46. The Balaban J connectivity index is 2.79. The van der Waals surface area contributed by atoms with Crippen LogP contribution < -0.4 is 0 Å². The van der Waals surface area contributed by atoms with E-state index >= 15 is 0 Å². The lowest BCUT2D eigenvalue weighted by Gasteiger charge is -2.11. The van der Waals surface area contributed by atoms with Gasteiger partial charge in [0, 0.05) is 12.8 Å². The number of aliphatic hydroxyl groups excluding tert-OH is 2.